The third kappa shape index (κ3) is 3.06. The zero-order chi connectivity index (χ0) is 12.1. The van der Waals surface area contributed by atoms with Gasteiger partial charge >= 0.3 is 0 Å². The molecule has 1 rings (SSSR count). The molecule has 1 aromatic rings. The van der Waals surface area contributed by atoms with Crippen LogP contribution in [0.15, 0.2) is 22.7 Å². The molecule has 0 amide bonds. The minimum Gasteiger partial charge on any atom is -0.395 e. The van der Waals surface area contributed by atoms with E-state index in [1.165, 1.54) is 0 Å². The fraction of sp³-hybridized carbons (Fsp3) is 0.417. The highest BCUT2D eigenvalue weighted by molar-refractivity contribution is 9.10. The van der Waals surface area contributed by atoms with Crippen molar-refractivity contribution in [1.29, 1.82) is 0 Å². The van der Waals surface area contributed by atoms with Crippen LogP contribution in [0.5, 0.6) is 0 Å². The van der Waals surface area contributed by atoms with Crippen LogP contribution < -0.4 is 4.90 Å². The molecule has 0 spiro atoms. The van der Waals surface area contributed by atoms with E-state index in [2.05, 4.69) is 15.9 Å². The molecule has 1 aromatic carbocycles. The summed E-state index contributed by atoms with van der Waals surface area (Å²) < 4.78 is 0.885. The summed E-state index contributed by atoms with van der Waals surface area (Å²) in [5.41, 5.74) is 1.69. The van der Waals surface area contributed by atoms with E-state index < -0.39 is 0 Å². The number of hydrogen-bond donors (Lipinski definition) is 1. The molecule has 16 heavy (non-hydrogen) atoms. The molecule has 0 heterocycles. The Morgan fingerprint density at radius 2 is 2.19 bits per heavy atom. The fourth-order valence-electron chi connectivity index (χ4n) is 1.55. The van der Waals surface area contributed by atoms with E-state index in [9.17, 15) is 4.79 Å². The Hall–Kier alpha value is -0.870. The van der Waals surface area contributed by atoms with Crippen molar-refractivity contribution in [3.63, 3.8) is 0 Å². The number of rotatable bonds is 5. The van der Waals surface area contributed by atoms with Crippen molar-refractivity contribution in [3.05, 3.63) is 28.2 Å². The maximum Gasteiger partial charge on any atom is 0.159 e. The molecule has 3 nitrogen and oxygen atoms in total. The summed E-state index contributed by atoms with van der Waals surface area (Å²) in [7, 11) is 0. The van der Waals surface area contributed by atoms with E-state index in [4.69, 9.17) is 5.11 Å². The molecule has 0 aliphatic heterocycles. The van der Waals surface area contributed by atoms with Crippen LogP contribution in [0.2, 0.25) is 0 Å². The summed E-state index contributed by atoms with van der Waals surface area (Å²) in [5.74, 6) is 0.0532. The monoisotopic (exact) mass is 285 g/mol. The Bertz CT molecular complexity index is 379. The van der Waals surface area contributed by atoms with Gasteiger partial charge < -0.3 is 10.0 Å². The van der Waals surface area contributed by atoms with Crippen LogP contribution in [0, 0.1) is 0 Å². The van der Waals surface area contributed by atoms with Crippen molar-refractivity contribution >= 4 is 27.4 Å². The average molecular weight is 286 g/mol. The number of ketones is 1. The highest BCUT2D eigenvalue weighted by atomic mass is 79.9. The van der Waals surface area contributed by atoms with Gasteiger partial charge in [-0.15, -0.1) is 0 Å². The van der Waals surface area contributed by atoms with Crippen LogP contribution in [0.1, 0.15) is 24.2 Å². The number of aliphatic hydroxyl groups excluding tert-OH is 1. The van der Waals surface area contributed by atoms with Crippen molar-refractivity contribution in [1.82, 2.24) is 0 Å². The van der Waals surface area contributed by atoms with Crippen LogP contribution in [-0.2, 0) is 0 Å². The van der Waals surface area contributed by atoms with Crippen LogP contribution >= 0.6 is 15.9 Å². The van der Waals surface area contributed by atoms with Gasteiger partial charge in [0.1, 0.15) is 0 Å². The Kier molecular flexibility index (Phi) is 4.96. The molecule has 0 fully saturated rings. The van der Waals surface area contributed by atoms with Crippen LogP contribution in [0.4, 0.5) is 5.69 Å². The van der Waals surface area contributed by atoms with Gasteiger partial charge in [0, 0.05) is 23.1 Å². The molecule has 1 N–H and O–H groups in total. The first-order chi connectivity index (χ1) is 7.60. The minimum atomic E-state index is 0.0532. The number of carbonyl (C=O) groups is 1. The van der Waals surface area contributed by atoms with E-state index in [1.807, 2.05) is 30.0 Å². The number of halogens is 1. The number of likely N-dealkylation sites (N-methyl/N-ethyl adjacent to an activating group) is 1. The van der Waals surface area contributed by atoms with E-state index in [1.54, 1.807) is 6.92 Å². The normalized spacial score (nSPS) is 10.2. The smallest absolute Gasteiger partial charge is 0.159 e. The van der Waals surface area contributed by atoms with E-state index in [0.717, 1.165) is 16.7 Å². The number of nitrogens with zero attached hydrogens (tertiary/aromatic N) is 1. The lowest BCUT2D eigenvalue weighted by Gasteiger charge is -2.23. The Morgan fingerprint density at radius 3 is 2.62 bits per heavy atom. The van der Waals surface area contributed by atoms with Gasteiger partial charge in [-0.3, -0.25) is 4.79 Å². The molecule has 0 aromatic heterocycles. The molecule has 88 valence electrons. The van der Waals surface area contributed by atoms with Gasteiger partial charge in [0.25, 0.3) is 0 Å². The second kappa shape index (κ2) is 6.01. The van der Waals surface area contributed by atoms with E-state index >= 15 is 0 Å². The number of aliphatic hydroxyl groups is 1. The van der Waals surface area contributed by atoms with Gasteiger partial charge in [-0.2, -0.15) is 0 Å². The lowest BCUT2D eigenvalue weighted by atomic mass is 10.1. The van der Waals surface area contributed by atoms with E-state index in [0.29, 0.717) is 12.1 Å². The molecule has 0 bridgehead atoms. The minimum absolute atomic E-state index is 0.0532. The number of Topliss-reactive ketones (excluding diaryl/α,β-unsaturated/α-hetero) is 1. The van der Waals surface area contributed by atoms with Gasteiger partial charge in [-0.1, -0.05) is 0 Å². The van der Waals surface area contributed by atoms with Crippen molar-refractivity contribution in [2.24, 2.45) is 0 Å². The third-order valence-electron chi connectivity index (χ3n) is 2.45. The predicted molar refractivity (Wildman–Crippen MR) is 69.1 cm³/mol. The summed E-state index contributed by atoms with van der Waals surface area (Å²) in [6.45, 7) is 5.11. The van der Waals surface area contributed by atoms with Crippen molar-refractivity contribution < 1.29 is 9.90 Å². The van der Waals surface area contributed by atoms with Crippen molar-refractivity contribution in [2.45, 2.75) is 13.8 Å². The second-order valence-electron chi connectivity index (χ2n) is 3.53. The zero-order valence-corrected chi connectivity index (χ0v) is 11.1. The number of hydrogen-bond acceptors (Lipinski definition) is 3. The Balaban J connectivity index is 3.01. The quantitative estimate of drug-likeness (QED) is 0.845. The molecular weight excluding hydrogens is 270 g/mol. The molecule has 0 aliphatic carbocycles. The molecule has 0 saturated carbocycles. The molecular formula is C12H16BrNO2. The van der Waals surface area contributed by atoms with Gasteiger partial charge in [-0.25, -0.2) is 0 Å². The average Bonchev–Trinajstić information content (AvgIpc) is 2.26. The maximum absolute atomic E-state index is 11.2. The first-order valence-electron chi connectivity index (χ1n) is 5.26. The van der Waals surface area contributed by atoms with Crippen LogP contribution in [0.25, 0.3) is 0 Å². The second-order valence-corrected chi connectivity index (χ2v) is 4.38. The lowest BCUT2D eigenvalue weighted by Crippen LogP contribution is -2.26. The summed E-state index contributed by atoms with van der Waals surface area (Å²) >= 11 is 3.45. The molecule has 0 aliphatic rings. The SMILES string of the molecule is CCN(CCO)c1ccc(C(C)=O)cc1Br. The summed E-state index contributed by atoms with van der Waals surface area (Å²) in [5, 5.41) is 8.95. The van der Waals surface area contributed by atoms with Crippen LogP contribution in [-0.4, -0.2) is 30.6 Å². The van der Waals surface area contributed by atoms with Gasteiger partial charge in [0.05, 0.1) is 12.3 Å². The topological polar surface area (TPSA) is 40.5 Å². The highest BCUT2D eigenvalue weighted by Crippen LogP contribution is 2.27. The lowest BCUT2D eigenvalue weighted by molar-refractivity contribution is 0.101. The predicted octanol–water partition coefficient (Wildman–Crippen LogP) is 2.47. The van der Waals surface area contributed by atoms with Crippen molar-refractivity contribution in [2.75, 3.05) is 24.6 Å². The molecule has 0 unspecified atom stereocenters. The molecule has 0 saturated heterocycles. The number of carbonyl (C=O) groups excluding carboxylic acids is 1. The first kappa shape index (κ1) is 13.2. The largest absolute Gasteiger partial charge is 0.395 e. The highest BCUT2D eigenvalue weighted by Gasteiger charge is 2.09. The Labute approximate surface area is 104 Å². The maximum atomic E-state index is 11.2. The standard InChI is InChI=1S/C12H16BrNO2/c1-3-14(6-7-15)12-5-4-10(9(2)16)8-11(12)13/h4-5,8,15H,3,6-7H2,1-2H3. The molecule has 0 atom stereocenters. The first-order valence-corrected chi connectivity index (χ1v) is 6.05. The van der Waals surface area contributed by atoms with Crippen molar-refractivity contribution in [3.8, 4) is 0 Å². The Morgan fingerprint density at radius 1 is 1.50 bits per heavy atom. The van der Waals surface area contributed by atoms with Crippen LogP contribution in [0.3, 0.4) is 0 Å². The summed E-state index contributed by atoms with van der Waals surface area (Å²) in [4.78, 5) is 13.2. The number of anilines is 1. The summed E-state index contributed by atoms with van der Waals surface area (Å²) in [6, 6.07) is 5.53. The third-order valence-corrected chi connectivity index (χ3v) is 3.08. The fourth-order valence-corrected chi connectivity index (χ4v) is 2.18. The van der Waals surface area contributed by atoms with Gasteiger partial charge in [-0.05, 0) is 48.0 Å². The number of benzene rings is 1. The summed E-state index contributed by atoms with van der Waals surface area (Å²) in [6.07, 6.45) is 0. The molecule has 4 heteroatoms. The van der Waals surface area contributed by atoms with E-state index in [-0.39, 0.29) is 12.4 Å². The zero-order valence-electron chi connectivity index (χ0n) is 9.53. The van der Waals surface area contributed by atoms with Gasteiger partial charge in [0.2, 0.25) is 0 Å². The van der Waals surface area contributed by atoms with Gasteiger partial charge in [0.15, 0.2) is 5.78 Å². The molecule has 0 radical (unpaired) electrons.